The zero-order chi connectivity index (χ0) is 7.84. The maximum absolute atomic E-state index is 11.5. The molecule has 0 N–H and O–H groups in total. The largest absolute Gasteiger partial charge is 0.330 e. The Morgan fingerprint density at radius 3 is 3.18 bits per heavy atom. The van der Waals surface area contributed by atoms with E-state index >= 15 is 0 Å². The van der Waals surface area contributed by atoms with E-state index in [1.54, 1.807) is 0 Å². The first-order valence-electron chi connectivity index (χ1n) is 4.21. The lowest BCUT2D eigenvalue weighted by Crippen LogP contribution is -2.42. The van der Waals surface area contributed by atoms with Crippen LogP contribution in [0.5, 0.6) is 0 Å². The molecule has 11 heavy (non-hydrogen) atoms. The standard InChI is InChI=1S/C8H13NOS/c1-6-2-3-7-9(8(6)10)4-5-11-7/h6-7H,2-5H2,1H3. The Bertz CT molecular complexity index is 183. The molecule has 2 heterocycles. The van der Waals surface area contributed by atoms with Gasteiger partial charge in [-0.2, -0.15) is 0 Å². The lowest BCUT2D eigenvalue weighted by Gasteiger charge is -2.32. The first-order chi connectivity index (χ1) is 5.29. The minimum atomic E-state index is 0.282. The van der Waals surface area contributed by atoms with E-state index in [9.17, 15) is 4.79 Å². The molecule has 0 aromatic rings. The summed E-state index contributed by atoms with van der Waals surface area (Å²) in [5, 5.41) is 0.527. The molecular formula is C8H13NOS. The molecule has 0 saturated carbocycles. The minimum absolute atomic E-state index is 0.282. The van der Waals surface area contributed by atoms with Crippen LogP contribution in [0.25, 0.3) is 0 Å². The molecule has 62 valence electrons. The number of piperidine rings is 1. The maximum Gasteiger partial charge on any atom is 0.226 e. The number of nitrogens with zero attached hydrogens (tertiary/aromatic N) is 1. The van der Waals surface area contributed by atoms with Gasteiger partial charge < -0.3 is 4.90 Å². The predicted molar refractivity (Wildman–Crippen MR) is 46.4 cm³/mol. The number of carbonyl (C=O) groups excluding carboxylic acids is 1. The first-order valence-corrected chi connectivity index (χ1v) is 5.26. The Hall–Kier alpha value is -0.180. The van der Waals surface area contributed by atoms with Crippen LogP contribution in [0.1, 0.15) is 19.8 Å². The van der Waals surface area contributed by atoms with Gasteiger partial charge in [-0.25, -0.2) is 0 Å². The van der Waals surface area contributed by atoms with Crippen molar-refractivity contribution in [2.75, 3.05) is 12.3 Å². The van der Waals surface area contributed by atoms with Gasteiger partial charge in [0.25, 0.3) is 0 Å². The summed E-state index contributed by atoms with van der Waals surface area (Å²) in [5.74, 6) is 1.81. The highest BCUT2D eigenvalue weighted by Gasteiger charge is 2.35. The summed E-state index contributed by atoms with van der Waals surface area (Å²) in [6.07, 6.45) is 2.30. The number of fused-ring (bicyclic) bond motifs is 1. The lowest BCUT2D eigenvalue weighted by molar-refractivity contribution is -0.137. The molecule has 1 amide bonds. The van der Waals surface area contributed by atoms with Gasteiger partial charge in [0.2, 0.25) is 5.91 Å². The Labute approximate surface area is 71.3 Å². The van der Waals surface area contributed by atoms with Gasteiger partial charge in [-0.15, -0.1) is 11.8 Å². The van der Waals surface area contributed by atoms with Crippen molar-refractivity contribution in [2.24, 2.45) is 5.92 Å². The monoisotopic (exact) mass is 171 g/mol. The van der Waals surface area contributed by atoms with Crippen molar-refractivity contribution in [2.45, 2.75) is 25.1 Å². The van der Waals surface area contributed by atoms with Gasteiger partial charge in [0.05, 0.1) is 5.37 Å². The Morgan fingerprint density at radius 2 is 2.36 bits per heavy atom. The van der Waals surface area contributed by atoms with E-state index in [1.807, 2.05) is 18.7 Å². The van der Waals surface area contributed by atoms with Gasteiger partial charge in [0, 0.05) is 18.2 Å². The van der Waals surface area contributed by atoms with Crippen LogP contribution < -0.4 is 0 Å². The molecule has 0 bridgehead atoms. The Morgan fingerprint density at radius 1 is 1.55 bits per heavy atom. The van der Waals surface area contributed by atoms with Crippen molar-refractivity contribution in [1.82, 2.24) is 4.90 Å². The molecule has 0 aliphatic carbocycles. The topological polar surface area (TPSA) is 20.3 Å². The van der Waals surface area contributed by atoms with Crippen LogP contribution in [-0.4, -0.2) is 28.5 Å². The highest BCUT2D eigenvalue weighted by molar-refractivity contribution is 8.00. The van der Waals surface area contributed by atoms with Crippen LogP contribution >= 0.6 is 11.8 Å². The zero-order valence-corrected chi connectivity index (χ0v) is 7.56. The van der Waals surface area contributed by atoms with Crippen molar-refractivity contribution in [1.29, 1.82) is 0 Å². The molecule has 0 aromatic heterocycles. The SMILES string of the molecule is CC1CCC2SCCN2C1=O. The van der Waals surface area contributed by atoms with E-state index < -0.39 is 0 Å². The fourth-order valence-corrected chi connectivity index (χ4v) is 3.08. The number of hydrogen-bond donors (Lipinski definition) is 0. The summed E-state index contributed by atoms with van der Waals surface area (Å²) in [5.41, 5.74) is 0. The summed E-state index contributed by atoms with van der Waals surface area (Å²) in [7, 11) is 0. The molecular weight excluding hydrogens is 158 g/mol. The Kier molecular flexibility index (Phi) is 1.83. The van der Waals surface area contributed by atoms with Crippen LogP contribution in [0.4, 0.5) is 0 Å². The summed E-state index contributed by atoms with van der Waals surface area (Å²) in [4.78, 5) is 13.6. The van der Waals surface area contributed by atoms with E-state index in [0.717, 1.165) is 18.7 Å². The summed E-state index contributed by atoms with van der Waals surface area (Å²) < 4.78 is 0. The van der Waals surface area contributed by atoms with Crippen LogP contribution in [0.3, 0.4) is 0 Å². The first kappa shape index (κ1) is 7.47. The number of hydrogen-bond acceptors (Lipinski definition) is 2. The van der Waals surface area contributed by atoms with Gasteiger partial charge in [-0.3, -0.25) is 4.79 Å². The van der Waals surface area contributed by atoms with Crippen LogP contribution in [-0.2, 0) is 4.79 Å². The molecule has 2 saturated heterocycles. The van der Waals surface area contributed by atoms with Gasteiger partial charge in [-0.05, 0) is 12.8 Å². The molecule has 2 aliphatic heterocycles. The number of carbonyl (C=O) groups is 1. The second kappa shape index (κ2) is 2.70. The molecule has 3 heteroatoms. The zero-order valence-electron chi connectivity index (χ0n) is 6.75. The van der Waals surface area contributed by atoms with Crippen LogP contribution in [0.15, 0.2) is 0 Å². The molecule has 2 rings (SSSR count). The van der Waals surface area contributed by atoms with E-state index in [2.05, 4.69) is 4.90 Å². The molecule has 0 aromatic carbocycles. The summed E-state index contributed by atoms with van der Waals surface area (Å²) in [6.45, 7) is 3.03. The second-order valence-corrected chi connectivity index (χ2v) is 4.62. The van der Waals surface area contributed by atoms with Crippen LogP contribution in [0.2, 0.25) is 0 Å². The molecule has 2 unspecified atom stereocenters. The van der Waals surface area contributed by atoms with E-state index in [0.29, 0.717) is 11.3 Å². The van der Waals surface area contributed by atoms with Crippen molar-refractivity contribution in [3.8, 4) is 0 Å². The highest BCUT2D eigenvalue weighted by atomic mass is 32.2. The Balaban J connectivity index is 2.12. The number of amides is 1. The summed E-state index contributed by atoms with van der Waals surface area (Å²) >= 11 is 1.94. The van der Waals surface area contributed by atoms with Crippen molar-refractivity contribution >= 4 is 17.7 Å². The molecule has 2 nitrogen and oxygen atoms in total. The fraction of sp³-hybridized carbons (Fsp3) is 0.875. The van der Waals surface area contributed by atoms with Gasteiger partial charge in [0.15, 0.2) is 0 Å². The average Bonchev–Trinajstić information content (AvgIpc) is 2.45. The lowest BCUT2D eigenvalue weighted by atomic mass is 9.99. The van der Waals surface area contributed by atoms with Crippen molar-refractivity contribution in [3.63, 3.8) is 0 Å². The van der Waals surface area contributed by atoms with E-state index in [-0.39, 0.29) is 5.92 Å². The van der Waals surface area contributed by atoms with Gasteiger partial charge >= 0.3 is 0 Å². The third-order valence-electron chi connectivity index (χ3n) is 2.54. The molecule has 0 radical (unpaired) electrons. The molecule has 2 aliphatic rings. The van der Waals surface area contributed by atoms with E-state index in [1.165, 1.54) is 6.42 Å². The second-order valence-electron chi connectivity index (χ2n) is 3.34. The van der Waals surface area contributed by atoms with E-state index in [4.69, 9.17) is 0 Å². The maximum atomic E-state index is 11.5. The normalized spacial score (nSPS) is 37.5. The van der Waals surface area contributed by atoms with Crippen molar-refractivity contribution in [3.05, 3.63) is 0 Å². The highest BCUT2D eigenvalue weighted by Crippen LogP contribution is 2.34. The third kappa shape index (κ3) is 1.15. The molecule has 0 spiro atoms. The third-order valence-corrected chi connectivity index (χ3v) is 3.83. The number of rotatable bonds is 0. The minimum Gasteiger partial charge on any atom is -0.330 e. The fourth-order valence-electron chi connectivity index (χ4n) is 1.81. The molecule has 2 fully saturated rings. The van der Waals surface area contributed by atoms with Gasteiger partial charge in [-0.1, -0.05) is 6.92 Å². The molecule has 2 atom stereocenters. The quantitative estimate of drug-likeness (QED) is 0.548. The number of thioether (sulfide) groups is 1. The van der Waals surface area contributed by atoms with Crippen LogP contribution in [0, 0.1) is 5.92 Å². The van der Waals surface area contributed by atoms with Crippen molar-refractivity contribution < 1.29 is 4.79 Å². The summed E-state index contributed by atoms with van der Waals surface area (Å²) in [6, 6.07) is 0. The average molecular weight is 171 g/mol. The van der Waals surface area contributed by atoms with Gasteiger partial charge in [0.1, 0.15) is 0 Å². The smallest absolute Gasteiger partial charge is 0.226 e. The predicted octanol–water partition coefficient (Wildman–Crippen LogP) is 1.32.